The van der Waals surface area contributed by atoms with Crippen LogP contribution in [0.5, 0.6) is 11.5 Å². The molecular formula is C19H22N2O4. The van der Waals surface area contributed by atoms with Crippen LogP contribution < -0.4 is 20.3 Å². The van der Waals surface area contributed by atoms with Crippen LogP contribution in [0.2, 0.25) is 0 Å². The zero-order valence-corrected chi connectivity index (χ0v) is 14.4. The quantitative estimate of drug-likeness (QED) is 0.759. The van der Waals surface area contributed by atoms with Gasteiger partial charge in [-0.15, -0.1) is 0 Å². The van der Waals surface area contributed by atoms with Crippen LogP contribution in [0.1, 0.15) is 41.0 Å². The summed E-state index contributed by atoms with van der Waals surface area (Å²) >= 11 is 0. The zero-order valence-electron chi connectivity index (χ0n) is 14.4. The minimum atomic E-state index is -0.439. The molecule has 2 aromatic rings. The van der Waals surface area contributed by atoms with E-state index >= 15 is 0 Å². The monoisotopic (exact) mass is 342 g/mol. The average molecular weight is 342 g/mol. The van der Waals surface area contributed by atoms with E-state index in [-0.39, 0.29) is 0 Å². The number of ether oxygens (including phenoxy) is 2. The largest absolute Gasteiger partial charge is 0.494 e. The van der Waals surface area contributed by atoms with Gasteiger partial charge in [-0.3, -0.25) is 20.4 Å². The molecule has 2 rings (SSSR count). The number of carbonyl (C=O) groups excluding carboxylic acids is 2. The fourth-order valence-electron chi connectivity index (χ4n) is 2.11. The second-order valence-electron chi connectivity index (χ2n) is 5.21. The van der Waals surface area contributed by atoms with Crippen LogP contribution in [-0.4, -0.2) is 25.0 Å². The summed E-state index contributed by atoms with van der Waals surface area (Å²) in [4.78, 5) is 24.4. The first-order valence-electron chi connectivity index (χ1n) is 8.21. The highest BCUT2D eigenvalue weighted by molar-refractivity contribution is 6.00. The standard InChI is InChI=1S/C19H22N2O4/c1-3-13-25-17-8-6-5-7-16(17)19(23)21-20-18(22)14-9-11-15(12-10-14)24-4-2/h5-12H,3-4,13H2,1-2H3,(H,20,22)(H,21,23). The molecule has 0 atom stereocenters. The Labute approximate surface area is 147 Å². The van der Waals surface area contributed by atoms with Gasteiger partial charge in [-0.2, -0.15) is 0 Å². The molecular weight excluding hydrogens is 320 g/mol. The first-order chi connectivity index (χ1) is 12.2. The fourth-order valence-corrected chi connectivity index (χ4v) is 2.11. The Morgan fingerprint density at radius 1 is 0.880 bits per heavy atom. The topological polar surface area (TPSA) is 76.7 Å². The Bertz CT molecular complexity index is 714. The average Bonchev–Trinajstić information content (AvgIpc) is 2.65. The molecule has 2 aromatic carbocycles. The highest BCUT2D eigenvalue weighted by Gasteiger charge is 2.13. The van der Waals surface area contributed by atoms with Gasteiger partial charge in [0, 0.05) is 5.56 Å². The van der Waals surface area contributed by atoms with Crippen molar-refractivity contribution in [3.05, 3.63) is 59.7 Å². The highest BCUT2D eigenvalue weighted by Crippen LogP contribution is 2.18. The molecule has 0 spiro atoms. The van der Waals surface area contributed by atoms with Gasteiger partial charge in [0.05, 0.1) is 18.8 Å². The third-order valence-corrected chi connectivity index (χ3v) is 3.31. The molecule has 6 heteroatoms. The van der Waals surface area contributed by atoms with E-state index in [1.54, 1.807) is 48.5 Å². The van der Waals surface area contributed by atoms with Crippen molar-refractivity contribution in [3.8, 4) is 11.5 Å². The molecule has 0 heterocycles. The molecule has 132 valence electrons. The van der Waals surface area contributed by atoms with E-state index < -0.39 is 11.8 Å². The Kier molecular flexibility index (Phi) is 6.83. The second kappa shape index (κ2) is 9.32. The smallest absolute Gasteiger partial charge is 0.273 e. The fraction of sp³-hybridized carbons (Fsp3) is 0.263. The first kappa shape index (κ1) is 18.3. The van der Waals surface area contributed by atoms with Gasteiger partial charge in [-0.05, 0) is 49.7 Å². The third-order valence-electron chi connectivity index (χ3n) is 3.31. The van der Waals surface area contributed by atoms with Crippen molar-refractivity contribution in [2.75, 3.05) is 13.2 Å². The van der Waals surface area contributed by atoms with E-state index in [0.717, 1.165) is 6.42 Å². The number of amides is 2. The Morgan fingerprint density at radius 2 is 1.56 bits per heavy atom. The van der Waals surface area contributed by atoms with Crippen molar-refractivity contribution in [1.29, 1.82) is 0 Å². The van der Waals surface area contributed by atoms with Gasteiger partial charge in [0.15, 0.2) is 0 Å². The van der Waals surface area contributed by atoms with Crippen LogP contribution in [0.4, 0.5) is 0 Å². The van der Waals surface area contributed by atoms with E-state index in [2.05, 4.69) is 10.9 Å². The minimum Gasteiger partial charge on any atom is -0.494 e. The molecule has 2 N–H and O–H groups in total. The molecule has 0 radical (unpaired) electrons. The van der Waals surface area contributed by atoms with Gasteiger partial charge in [0.25, 0.3) is 11.8 Å². The maximum absolute atomic E-state index is 12.3. The van der Waals surface area contributed by atoms with Crippen LogP contribution in [0.3, 0.4) is 0 Å². The maximum Gasteiger partial charge on any atom is 0.273 e. The summed E-state index contributed by atoms with van der Waals surface area (Å²) in [5.74, 6) is 0.316. The Morgan fingerprint density at radius 3 is 2.24 bits per heavy atom. The number of carbonyl (C=O) groups is 2. The summed E-state index contributed by atoms with van der Waals surface area (Å²) in [6, 6.07) is 13.6. The lowest BCUT2D eigenvalue weighted by atomic mass is 10.2. The van der Waals surface area contributed by atoms with Gasteiger partial charge in [-0.1, -0.05) is 19.1 Å². The second-order valence-corrected chi connectivity index (χ2v) is 5.21. The van der Waals surface area contributed by atoms with Gasteiger partial charge < -0.3 is 9.47 Å². The summed E-state index contributed by atoms with van der Waals surface area (Å²) in [7, 11) is 0. The van der Waals surface area contributed by atoms with E-state index in [1.807, 2.05) is 13.8 Å². The molecule has 25 heavy (non-hydrogen) atoms. The van der Waals surface area contributed by atoms with Crippen LogP contribution in [0, 0.1) is 0 Å². The maximum atomic E-state index is 12.3. The van der Waals surface area contributed by atoms with E-state index in [1.165, 1.54) is 0 Å². The molecule has 0 aliphatic heterocycles. The molecule has 0 bridgehead atoms. The molecule has 0 unspecified atom stereocenters. The third kappa shape index (κ3) is 5.24. The van der Waals surface area contributed by atoms with Gasteiger partial charge in [0.2, 0.25) is 0 Å². The molecule has 0 aliphatic rings. The molecule has 6 nitrogen and oxygen atoms in total. The molecule has 0 saturated carbocycles. The van der Waals surface area contributed by atoms with Gasteiger partial charge >= 0.3 is 0 Å². The summed E-state index contributed by atoms with van der Waals surface area (Å²) in [5, 5.41) is 0. The van der Waals surface area contributed by atoms with Crippen molar-refractivity contribution in [1.82, 2.24) is 10.9 Å². The Balaban J connectivity index is 1.96. The summed E-state index contributed by atoms with van der Waals surface area (Å²) in [5.41, 5.74) is 5.58. The minimum absolute atomic E-state index is 0.364. The summed E-state index contributed by atoms with van der Waals surface area (Å²) < 4.78 is 10.9. The van der Waals surface area contributed by atoms with Crippen molar-refractivity contribution < 1.29 is 19.1 Å². The summed E-state index contributed by atoms with van der Waals surface area (Å²) in [6.07, 6.45) is 0.838. The highest BCUT2D eigenvalue weighted by atomic mass is 16.5. The lowest BCUT2D eigenvalue weighted by Gasteiger charge is -2.12. The van der Waals surface area contributed by atoms with E-state index in [0.29, 0.717) is 35.8 Å². The van der Waals surface area contributed by atoms with Gasteiger partial charge in [-0.25, -0.2) is 0 Å². The van der Waals surface area contributed by atoms with Crippen molar-refractivity contribution in [2.45, 2.75) is 20.3 Å². The van der Waals surface area contributed by atoms with Crippen LogP contribution in [0.25, 0.3) is 0 Å². The van der Waals surface area contributed by atoms with Crippen LogP contribution in [0.15, 0.2) is 48.5 Å². The van der Waals surface area contributed by atoms with Crippen LogP contribution >= 0.6 is 0 Å². The molecule has 0 fully saturated rings. The van der Waals surface area contributed by atoms with E-state index in [4.69, 9.17) is 9.47 Å². The molecule has 0 saturated heterocycles. The summed E-state index contributed by atoms with van der Waals surface area (Å²) in [6.45, 7) is 4.95. The number of para-hydroxylation sites is 1. The zero-order chi connectivity index (χ0) is 18.1. The lowest BCUT2D eigenvalue weighted by molar-refractivity contribution is 0.0844. The number of hydrazine groups is 1. The van der Waals surface area contributed by atoms with Crippen molar-refractivity contribution in [2.24, 2.45) is 0 Å². The lowest BCUT2D eigenvalue weighted by Crippen LogP contribution is -2.41. The molecule has 0 aromatic heterocycles. The van der Waals surface area contributed by atoms with Crippen LogP contribution in [-0.2, 0) is 0 Å². The number of rotatable bonds is 7. The number of hydrogen-bond donors (Lipinski definition) is 2. The number of benzene rings is 2. The van der Waals surface area contributed by atoms with Crippen molar-refractivity contribution >= 4 is 11.8 Å². The van der Waals surface area contributed by atoms with Gasteiger partial charge in [0.1, 0.15) is 11.5 Å². The van der Waals surface area contributed by atoms with Crippen molar-refractivity contribution in [3.63, 3.8) is 0 Å². The number of nitrogens with one attached hydrogen (secondary N) is 2. The van der Waals surface area contributed by atoms with E-state index in [9.17, 15) is 9.59 Å². The normalized spacial score (nSPS) is 10.0. The predicted octanol–water partition coefficient (Wildman–Crippen LogP) is 2.95. The first-order valence-corrected chi connectivity index (χ1v) is 8.21. The number of hydrogen-bond acceptors (Lipinski definition) is 4. The predicted molar refractivity (Wildman–Crippen MR) is 94.8 cm³/mol. The molecule has 0 aliphatic carbocycles. The molecule has 2 amide bonds. The SMILES string of the molecule is CCCOc1ccccc1C(=O)NNC(=O)c1ccc(OCC)cc1. The Hall–Kier alpha value is -3.02.